The van der Waals surface area contributed by atoms with Crippen LogP contribution in [0.15, 0.2) is 0 Å². The van der Waals surface area contributed by atoms with Crippen LogP contribution in [0.1, 0.15) is 58.8 Å². The Morgan fingerprint density at radius 1 is 1.29 bits per heavy atom. The summed E-state index contributed by atoms with van der Waals surface area (Å²) in [5.41, 5.74) is 0.166. The van der Waals surface area contributed by atoms with Crippen LogP contribution in [-0.2, 0) is 4.79 Å². The molecule has 0 saturated heterocycles. The molecule has 1 N–H and O–H groups in total. The highest BCUT2D eigenvalue weighted by Crippen LogP contribution is 2.25. The summed E-state index contributed by atoms with van der Waals surface area (Å²) < 4.78 is 0. The fourth-order valence-corrected chi connectivity index (χ4v) is 2.60. The molecule has 0 heterocycles. The predicted octanol–water partition coefficient (Wildman–Crippen LogP) is 3.73. The minimum Gasteiger partial charge on any atom is -0.355 e. The van der Waals surface area contributed by atoms with Gasteiger partial charge in [-0.2, -0.15) is 0 Å². The van der Waals surface area contributed by atoms with Crippen molar-refractivity contribution in [1.82, 2.24) is 5.32 Å². The van der Waals surface area contributed by atoms with Crippen LogP contribution < -0.4 is 5.32 Å². The Balaban J connectivity index is 2.26. The Hall–Kier alpha value is -0.240. The molecule has 2 nitrogen and oxygen atoms in total. The second kappa shape index (κ2) is 7.25. The second-order valence-electron chi connectivity index (χ2n) is 6.01. The van der Waals surface area contributed by atoms with Crippen LogP contribution in [0.2, 0.25) is 0 Å². The van der Waals surface area contributed by atoms with E-state index in [1.807, 2.05) is 0 Å². The van der Waals surface area contributed by atoms with Crippen molar-refractivity contribution in [2.24, 2.45) is 11.3 Å². The van der Waals surface area contributed by atoms with Gasteiger partial charge in [0.2, 0.25) is 5.91 Å². The first-order valence-corrected chi connectivity index (χ1v) is 7.42. The minimum atomic E-state index is 0.166. The molecular formula is C14H26ClNO. The molecule has 0 bridgehead atoms. The van der Waals surface area contributed by atoms with Crippen LogP contribution in [0.4, 0.5) is 0 Å². The van der Waals surface area contributed by atoms with Gasteiger partial charge in [0.05, 0.1) is 0 Å². The first-order chi connectivity index (χ1) is 8.05. The van der Waals surface area contributed by atoms with Crippen molar-refractivity contribution < 1.29 is 4.79 Å². The molecule has 1 saturated carbocycles. The molecule has 1 rings (SSSR count). The molecule has 1 amide bonds. The maximum atomic E-state index is 12.0. The molecule has 0 atom stereocenters. The number of nitrogens with one attached hydrogen (secondary N) is 1. The van der Waals surface area contributed by atoms with E-state index in [9.17, 15) is 4.79 Å². The zero-order valence-electron chi connectivity index (χ0n) is 11.2. The van der Waals surface area contributed by atoms with E-state index in [2.05, 4.69) is 19.2 Å². The zero-order valence-corrected chi connectivity index (χ0v) is 12.0. The molecule has 1 fully saturated rings. The lowest BCUT2D eigenvalue weighted by Crippen LogP contribution is -2.38. The summed E-state index contributed by atoms with van der Waals surface area (Å²) in [7, 11) is 0. The monoisotopic (exact) mass is 259 g/mol. The van der Waals surface area contributed by atoms with Crippen molar-refractivity contribution in [2.45, 2.75) is 58.8 Å². The average molecular weight is 260 g/mol. The normalized spacial score (nSPS) is 18.1. The number of alkyl halides is 1. The fraction of sp³-hybridized carbons (Fsp3) is 0.929. The first kappa shape index (κ1) is 14.8. The molecule has 0 radical (unpaired) electrons. The maximum absolute atomic E-state index is 12.0. The SMILES string of the molecule is CC(C)(CCCCl)CNC(=O)C1CCCCC1. The molecule has 0 unspecified atom stereocenters. The Labute approximate surface area is 110 Å². The quantitative estimate of drug-likeness (QED) is 0.724. The van der Waals surface area contributed by atoms with Gasteiger partial charge in [0, 0.05) is 18.3 Å². The molecule has 0 aromatic heterocycles. The number of carbonyl (C=O) groups is 1. The predicted molar refractivity (Wildman–Crippen MR) is 73.3 cm³/mol. The van der Waals surface area contributed by atoms with Gasteiger partial charge in [-0.15, -0.1) is 11.6 Å². The highest BCUT2D eigenvalue weighted by molar-refractivity contribution is 6.17. The summed E-state index contributed by atoms with van der Waals surface area (Å²) in [6.45, 7) is 5.17. The van der Waals surface area contributed by atoms with Gasteiger partial charge in [-0.3, -0.25) is 4.79 Å². The number of carbonyl (C=O) groups excluding carboxylic acids is 1. The van der Waals surface area contributed by atoms with E-state index in [0.717, 1.165) is 32.2 Å². The summed E-state index contributed by atoms with van der Waals surface area (Å²) in [5, 5.41) is 3.12. The van der Waals surface area contributed by atoms with Crippen molar-refractivity contribution in [1.29, 1.82) is 0 Å². The third-order valence-corrected chi connectivity index (χ3v) is 3.97. The lowest BCUT2D eigenvalue weighted by molar-refractivity contribution is -0.126. The van der Waals surface area contributed by atoms with Crippen LogP contribution in [0, 0.1) is 11.3 Å². The van der Waals surface area contributed by atoms with Gasteiger partial charge in [-0.1, -0.05) is 33.1 Å². The van der Waals surface area contributed by atoms with E-state index in [4.69, 9.17) is 11.6 Å². The summed E-state index contributed by atoms with van der Waals surface area (Å²) in [6, 6.07) is 0. The van der Waals surface area contributed by atoms with Crippen LogP contribution in [-0.4, -0.2) is 18.3 Å². The molecular weight excluding hydrogens is 234 g/mol. The number of hydrogen-bond donors (Lipinski definition) is 1. The Morgan fingerprint density at radius 3 is 2.53 bits per heavy atom. The first-order valence-electron chi connectivity index (χ1n) is 6.89. The molecule has 1 aliphatic rings. The molecule has 3 heteroatoms. The molecule has 100 valence electrons. The number of hydrogen-bond acceptors (Lipinski definition) is 1. The van der Waals surface area contributed by atoms with Gasteiger partial charge in [0.25, 0.3) is 0 Å². The van der Waals surface area contributed by atoms with Crippen molar-refractivity contribution >= 4 is 17.5 Å². The van der Waals surface area contributed by atoms with Crippen LogP contribution >= 0.6 is 11.6 Å². The number of amides is 1. The van der Waals surface area contributed by atoms with Crippen molar-refractivity contribution in [2.75, 3.05) is 12.4 Å². The lowest BCUT2D eigenvalue weighted by atomic mass is 9.86. The van der Waals surface area contributed by atoms with Crippen molar-refractivity contribution in [3.05, 3.63) is 0 Å². The summed E-state index contributed by atoms with van der Waals surface area (Å²) in [4.78, 5) is 12.0. The molecule has 17 heavy (non-hydrogen) atoms. The van der Waals surface area contributed by atoms with Gasteiger partial charge >= 0.3 is 0 Å². The zero-order chi connectivity index (χ0) is 12.7. The van der Waals surface area contributed by atoms with Gasteiger partial charge in [0.15, 0.2) is 0 Å². The summed E-state index contributed by atoms with van der Waals surface area (Å²) >= 11 is 5.70. The largest absolute Gasteiger partial charge is 0.355 e. The van der Waals surface area contributed by atoms with Crippen molar-refractivity contribution in [3.63, 3.8) is 0 Å². The van der Waals surface area contributed by atoms with E-state index in [0.29, 0.717) is 5.88 Å². The van der Waals surface area contributed by atoms with E-state index in [1.165, 1.54) is 19.3 Å². The lowest BCUT2D eigenvalue weighted by Gasteiger charge is -2.27. The van der Waals surface area contributed by atoms with E-state index < -0.39 is 0 Å². The standard InChI is InChI=1S/C14H26ClNO/c1-14(2,9-6-10-15)11-16-13(17)12-7-4-3-5-8-12/h12H,3-11H2,1-2H3,(H,16,17). The number of halogens is 1. The van der Waals surface area contributed by atoms with Gasteiger partial charge in [-0.25, -0.2) is 0 Å². The van der Waals surface area contributed by atoms with Gasteiger partial charge in [0.1, 0.15) is 0 Å². The van der Waals surface area contributed by atoms with Crippen LogP contribution in [0.25, 0.3) is 0 Å². The third-order valence-electron chi connectivity index (χ3n) is 3.70. The highest BCUT2D eigenvalue weighted by Gasteiger charge is 2.23. The average Bonchev–Trinajstić information content (AvgIpc) is 2.35. The fourth-order valence-electron chi connectivity index (χ4n) is 2.47. The molecule has 0 aromatic carbocycles. The summed E-state index contributed by atoms with van der Waals surface area (Å²) in [5.74, 6) is 1.25. The molecule has 1 aliphatic carbocycles. The maximum Gasteiger partial charge on any atom is 0.223 e. The molecule has 0 aliphatic heterocycles. The Morgan fingerprint density at radius 2 is 1.94 bits per heavy atom. The highest BCUT2D eigenvalue weighted by atomic mass is 35.5. The summed E-state index contributed by atoms with van der Waals surface area (Å²) in [6.07, 6.45) is 7.98. The van der Waals surface area contributed by atoms with Crippen LogP contribution in [0.3, 0.4) is 0 Å². The topological polar surface area (TPSA) is 29.1 Å². The van der Waals surface area contributed by atoms with E-state index in [-0.39, 0.29) is 17.2 Å². The third kappa shape index (κ3) is 5.76. The van der Waals surface area contributed by atoms with Gasteiger partial charge < -0.3 is 5.32 Å². The van der Waals surface area contributed by atoms with E-state index in [1.54, 1.807) is 0 Å². The smallest absolute Gasteiger partial charge is 0.223 e. The second-order valence-corrected chi connectivity index (χ2v) is 6.39. The Kier molecular flexibility index (Phi) is 6.32. The van der Waals surface area contributed by atoms with Crippen molar-refractivity contribution in [3.8, 4) is 0 Å². The number of rotatable bonds is 6. The van der Waals surface area contributed by atoms with Crippen LogP contribution in [0.5, 0.6) is 0 Å². The minimum absolute atomic E-state index is 0.166. The molecule has 0 spiro atoms. The molecule has 0 aromatic rings. The Bertz CT molecular complexity index is 234. The van der Waals surface area contributed by atoms with Gasteiger partial charge in [-0.05, 0) is 31.1 Å². The van der Waals surface area contributed by atoms with E-state index >= 15 is 0 Å².